The number of pyridine rings is 1. The molecular weight excluding hydrogens is 471 g/mol. The molecule has 0 N–H and O–H groups in total. The molecule has 1 aliphatic heterocycles. The number of nitrogens with zero attached hydrogens (tertiary/aromatic N) is 6. The van der Waals surface area contributed by atoms with E-state index >= 15 is 4.39 Å². The summed E-state index contributed by atoms with van der Waals surface area (Å²) in [5.74, 6) is 1.05. The van der Waals surface area contributed by atoms with Gasteiger partial charge in [-0.15, -0.1) is 0 Å². The van der Waals surface area contributed by atoms with Crippen molar-refractivity contribution in [3.05, 3.63) is 67.0 Å². The number of aromatic nitrogens is 4. The molecule has 1 fully saturated rings. The maximum atomic E-state index is 15.1. The van der Waals surface area contributed by atoms with Crippen molar-refractivity contribution in [3.8, 4) is 16.9 Å². The van der Waals surface area contributed by atoms with E-state index in [0.29, 0.717) is 41.5 Å². The Morgan fingerprint density at radius 3 is 2.43 bits per heavy atom. The van der Waals surface area contributed by atoms with Gasteiger partial charge in [-0.1, -0.05) is 24.3 Å². The van der Waals surface area contributed by atoms with E-state index in [-0.39, 0.29) is 24.0 Å². The minimum absolute atomic E-state index is 0.0616. The normalized spacial score (nSPS) is 18.3. The molecule has 4 heterocycles. The van der Waals surface area contributed by atoms with Gasteiger partial charge in [0.1, 0.15) is 29.4 Å². The van der Waals surface area contributed by atoms with Gasteiger partial charge in [-0.3, -0.25) is 4.57 Å². The minimum atomic E-state index is -0.570. The van der Waals surface area contributed by atoms with Crippen molar-refractivity contribution in [2.24, 2.45) is 0 Å². The number of amides is 1. The molecule has 0 saturated carbocycles. The Morgan fingerprint density at radius 2 is 1.73 bits per heavy atom. The van der Waals surface area contributed by atoms with Gasteiger partial charge in [0.25, 0.3) is 0 Å². The zero-order valence-electron chi connectivity index (χ0n) is 21.7. The summed E-state index contributed by atoms with van der Waals surface area (Å²) in [6.45, 7) is 10.7. The monoisotopic (exact) mass is 502 g/mol. The molecule has 2 unspecified atom stereocenters. The van der Waals surface area contributed by atoms with Gasteiger partial charge in [0.15, 0.2) is 5.65 Å². The molecule has 2 atom stereocenters. The third kappa shape index (κ3) is 4.73. The molecule has 1 aliphatic rings. The van der Waals surface area contributed by atoms with Crippen molar-refractivity contribution in [1.82, 2.24) is 24.4 Å². The molecule has 1 saturated heterocycles. The highest BCUT2D eigenvalue weighted by molar-refractivity contribution is 6.02. The summed E-state index contributed by atoms with van der Waals surface area (Å²) < 4.78 is 22.6. The van der Waals surface area contributed by atoms with Gasteiger partial charge in [-0.25, -0.2) is 24.1 Å². The Kier molecular flexibility index (Phi) is 6.31. The summed E-state index contributed by atoms with van der Waals surface area (Å²) >= 11 is 0. The number of hydrogen-bond donors (Lipinski definition) is 0. The lowest BCUT2D eigenvalue weighted by Gasteiger charge is -2.44. The Balaban J connectivity index is 1.62. The molecule has 4 aromatic rings. The number of carbonyl (C=O) groups excluding carboxylic acids is 1. The quantitative estimate of drug-likeness (QED) is 0.371. The predicted octanol–water partition coefficient (Wildman–Crippen LogP) is 5.46. The molecule has 1 amide bonds. The second-order valence-corrected chi connectivity index (χ2v) is 10.5. The number of fused-ring (bicyclic) bond motifs is 1. The first-order chi connectivity index (χ1) is 17.6. The molecule has 0 spiro atoms. The fourth-order valence-corrected chi connectivity index (χ4v) is 4.81. The fourth-order valence-electron chi connectivity index (χ4n) is 4.81. The van der Waals surface area contributed by atoms with Crippen LogP contribution in [0.5, 0.6) is 0 Å². The van der Waals surface area contributed by atoms with E-state index in [1.165, 1.54) is 12.4 Å². The Labute approximate surface area is 215 Å². The lowest BCUT2D eigenvalue weighted by molar-refractivity contribution is 0.0130. The zero-order chi connectivity index (χ0) is 26.3. The Bertz CT molecular complexity index is 1430. The van der Waals surface area contributed by atoms with Crippen molar-refractivity contribution >= 4 is 22.9 Å². The van der Waals surface area contributed by atoms with Crippen LogP contribution in [0.2, 0.25) is 0 Å². The topological polar surface area (TPSA) is 76.4 Å². The van der Waals surface area contributed by atoms with Crippen LogP contribution in [0.25, 0.3) is 28.0 Å². The Hall–Kier alpha value is -4.01. The summed E-state index contributed by atoms with van der Waals surface area (Å²) in [6, 6.07) is 12.2. The maximum absolute atomic E-state index is 15.1. The summed E-state index contributed by atoms with van der Waals surface area (Å²) in [5.41, 5.74) is 1.21. The minimum Gasteiger partial charge on any atom is -0.444 e. The number of anilines is 1. The van der Waals surface area contributed by atoms with E-state index < -0.39 is 5.60 Å². The first-order valence-electron chi connectivity index (χ1n) is 12.4. The van der Waals surface area contributed by atoms with Crippen LogP contribution >= 0.6 is 0 Å². The van der Waals surface area contributed by atoms with Crippen LogP contribution in [-0.4, -0.2) is 61.3 Å². The van der Waals surface area contributed by atoms with Gasteiger partial charge in [0.05, 0.1) is 5.39 Å². The average molecular weight is 503 g/mol. The Morgan fingerprint density at radius 1 is 0.973 bits per heavy atom. The first kappa shape index (κ1) is 24.7. The second kappa shape index (κ2) is 9.46. The summed E-state index contributed by atoms with van der Waals surface area (Å²) in [5, 5.41) is 0.739. The molecular formula is C28H31FN6O2. The molecule has 8 nitrogen and oxygen atoms in total. The molecule has 3 aromatic heterocycles. The summed E-state index contributed by atoms with van der Waals surface area (Å²) in [4.78, 5) is 30.6. The van der Waals surface area contributed by atoms with Crippen LogP contribution < -0.4 is 4.90 Å². The number of carbonyl (C=O) groups is 1. The third-order valence-corrected chi connectivity index (χ3v) is 6.51. The number of hydrogen-bond acceptors (Lipinski definition) is 6. The number of ether oxygens (including phenoxy) is 1. The van der Waals surface area contributed by atoms with E-state index in [0.717, 1.165) is 5.39 Å². The smallest absolute Gasteiger partial charge is 0.410 e. The van der Waals surface area contributed by atoms with Gasteiger partial charge in [-0.05, 0) is 52.8 Å². The first-order valence-corrected chi connectivity index (χ1v) is 12.4. The van der Waals surface area contributed by atoms with Crippen LogP contribution in [0.15, 0.2) is 61.2 Å². The van der Waals surface area contributed by atoms with E-state index in [9.17, 15) is 4.79 Å². The largest absolute Gasteiger partial charge is 0.444 e. The van der Waals surface area contributed by atoms with Crippen molar-refractivity contribution in [2.75, 3.05) is 18.0 Å². The molecule has 5 rings (SSSR count). The molecule has 1 aromatic carbocycles. The van der Waals surface area contributed by atoms with Gasteiger partial charge in [-0.2, -0.15) is 0 Å². The molecule has 192 valence electrons. The van der Waals surface area contributed by atoms with Crippen LogP contribution in [0.3, 0.4) is 0 Å². The molecule has 0 aliphatic carbocycles. The van der Waals surface area contributed by atoms with Crippen molar-refractivity contribution < 1.29 is 13.9 Å². The number of halogens is 1. The van der Waals surface area contributed by atoms with Crippen molar-refractivity contribution in [2.45, 2.75) is 52.3 Å². The average Bonchev–Trinajstić information content (AvgIpc) is 3.25. The SMILES string of the molecule is CC1CN(c2ncnc3c2c(-c2ccccc2F)cn3-c2ccccn2)C(C)CN1C(=O)OC(C)(C)C. The van der Waals surface area contributed by atoms with Gasteiger partial charge < -0.3 is 14.5 Å². The third-order valence-electron chi connectivity index (χ3n) is 6.51. The van der Waals surface area contributed by atoms with Crippen molar-refractivity contribution in [3.63, 3.8) is 0 Å². The van der Waals surface area contributed by atoms with E-state index in [2.05, 4.69) is 21.8 Å². The number of piperazine rings is 1. The highest BCUT2D eigenvalue weighted by atomic mass is 19.1. The highest BCUT2D eigenvalue weighted by Crippen LogP contribution is 2.39. The molecule has 0 radical (unpaired) electrons. The standard InChI is InChI=1S/C28H31FN6O2/c1-18-15-34(27(36)37-28(3,4)5)19(2)14-33(18)25-24-21(20-10-6-7-11-22(20)29)16-35(26(24)32-17-31-25)23-12-8-9-13-30-23/h6-13,16-19H,14-15H2,1-5H3. The lowest BCUT2D eigenvalue weighted by atomic mass is 10.0. The summed E-state index contributed by atoms with van der Waals surface area (Å²) in [7, 11) is 0. The number of benzene rings is 1. The highest BCUT2D eigenvalue weighted by Gasteiger charge is 2.36. The second-order valence-electron chi connectivity index (χ2n) is 10.5. The lowest BCUT2D eigenvalue weighted by Crippen LogP contribution is -2.59. The van der Waals surface area contributed by atoms with Crippen molar-refractivity contribution in [1.29, 1.82) is 0 Å². The van der Waals surface area contributed by atoms with Crippen LogP contribution in [0.4, 0.5) is 15.0 Å². The van der Waals surface area contributed by atoms with Crippen LogP contribution in [-0.2, 0) is 4.74 Å². The molecule has 37 heavy (non-hydrogen) atoms. The predicted molar refractivity (Wildman–Crippen MR) is 141 cm³/mol. The maximum Gasteiger partial charge on any atom is 0.410 e. The van der Waals surface area contributed by atoms with E-state index in [1.54, 1.807) is 23.2 Å². The van der Waals surface area contributed by atoms with Gasteiger partial charge in [0, 0.05) is 48.7 Å². The van der Waals surface area contributed by atoms with Crippen LogP contribution in [0, 0.1) is 5.82 Å². The molecule has 9 heteroatoms. The fraction of sp³-hybridized carbons (Fsp3) is 0.357. The summed E-state index contributed by atoms with van der Waals surface area (Å²) in [6.07, 6.45) is 4.79. The zero-order valence-corrected chi connectivity index (χ0v) is 21.7. The van der Waals surface area contributed by atoms with Gasteiger partial charge in [0.2, 0.25) is 0 Å². The van der Waals surface area contributed by atoms with Crippen LogP contribution in [0.1, 0.15) is 34.6 Å². The van der Waals surface area contributed by atoms with E-state index in [4.69, 9.17) is 9.72 Å². The van der Waals surface area contributed by atoms with E-state index in [1.807, 2.05) is 62.7 Å². The van der Waals surface area contributed by atoms with Gasteiger partial charge >= 0.3 is 6.09 Å². The number of rotatable bonds is 3. The molecule has 0 bridgehead atoms.